The molecular formula is C9H12S2. The molecule has 0 amide bonds. The van der Waals surface area contributed by atoms with Crippen LogP contribution in [0.15, 0.2) is 10.3 Å². The van der Waals surface area contributed by atoms with Gasteiger partial charge in [0.2, 0.25) is 0 Å². The van der Waals surface area contributed by atoms with Gasteiger partial charge in [0.25, 0.3) is 0 Å². The lowest BCUT2D eigenvalue weighted by molar-refractivity contribution is 0.731. The molecule has 0 atom stereocenters. The molecule has 0 fully saturated rings. The first-order chi connectivity index (χ1) is 5.08. The number of thiophene rings is 1. The summed E-state index contributed by atoms with van der Waals surface area (Å²) in [5.74, 6) is 0. The van der Waals surface area contributed by atoms with Crippen LogP contribution in [0.5, 0.6) is 0 Å². The summed E-state index contributed by atoms with van der Waals surface area (Å²) in [6.07, 6.45) is 1.26. The van der Waals surface area contributed by atoms with Crippen LogP contribution in [0.3, 0.4) is 0 Å². The Bertz CT molecular complexity index is 284. The summed E-state index contributed by atoms with van der Waals surface area (Å²) >= 11 is 3.96. The predicted octanol–water partition coefficient (Wildman–Crippen LogP) is 3.48. The molecule has 0 aliphatic carbocycles. The van der Waals surface area contributed by atoms with Crippen molar-refractivity contribution in [3.8, 4) is 0 Å². The van der Waals surface area contributed by atoms with Gasteiger partial charge in [-0.2, -0.15) is 0 Å². The first kappa shape index (κ1) is 7.69. The van der Waals surface area contributed by atoms with E-state index in [2.05, 4.69) is 26.2 Å². The van der Waals surface area contributed by atoms with E-state index >= 15 is 0 Å². The normalized spacial score (nSPS) is 20.3. The first-order valence-electron chi connectivity index (χ1n) is 3.84. The lowest BCUT2D eigenvalue weighted by atomic mass is 10.1. The van der Waals surface area contributed by atoms with Gasteiger partial charge in [-0.05, 0) is 38.1 Å². The molecule has 2 heterocycles. The zero-order chi connectivity index (χ0) is 8.06. The van der Waals surface area contributed by atoms with E-state index in [1.165, 1.54) is 12.0 Å². The van der Waals surface area contributed by atoms with Crippen molar-refractivity contribution >= 4 is 23.1 Å². The predicted molar refractivity (Wildman–Crippen MR) is 52.7 cm³/mol. The lowest BCUT2D eigenvalue weighted by Crippen LogP contribution is -2.11. The van der Waals surface area contributed by atoms with Crippen molar-refractivity contribution in [1.82, 2.24) is 0 Å². The van der Waals surface area contributed by atoms with Gasteiger partial charge in [0, 0.05) is 14.5 Å². The van der Waals surface area contributed by atoms with E-state index in [4.69, 9.17) is 0 Å². The zero-order valence-corrected chi connectivity index (χ0v) is 8.73. The van der Waals surface area contributed by atoms with Crippen molar-refractivity contribution in [2.24, 2.45) is 0 Å². The minimum Gasteiger partial charge on any atom is -0.147 e. The van der Waals surface area contributed by atoms with Gasteiger partial charge in [-0.15, -0.1) is 23.1 Å². The quantitative estimate of drug-likeness (QED) is 0.595. The van der Waals surface area contributed by atoms with Crippen molar-refractivity contribution in [2.45, 2.75) is 36.8 Å². The van der Waals surface area contributed by atoms with E-state index in [-0.39, 0.29) is 0 Å². The zero-order valence-electron chi connectivity index (χ0n) is 7.10. The third-order valence-electron chi connectivity index (χ3n) is 1.95. The Balaban J connectivity index is 2.42. The van der Waals surface area contributed by atoms with E-state index in [1.807, 2.05) is 23.1 Å². The molecule has 60 valence electrons. The highest BCUT2D eigenvalue weighted by Crippen LogP contribution is 2.48. The Morgan fingerprint density at radius 2 is 2.18 bits per heavy atom. The highest BCUT2D eigenvalue weighted by Gasteiger charge is 2.31. The van der Waals surface area contributed by atoms with Crippen LogP contribution in [0.4, 0.5) is 0 Å². The highest BCUT2D eigenvalue weighted by molar-refractivity contribution is 8.01. The van der Waals surface area contributed by atoms with E-state index in [0.29, 0.717) is 4.75 Å². The molecule has 2 heteroatoms. The molecule has 0 saturated heterocycles. The summed E-state index contributed by atoms with van der Waals surface area (Å²) in [4.78, 5) is 3.15. The molecule has 0 spiro atoms. The average Bonchev–Trinajstić information content (AvgIpc) is 2.31. The number of hydrogen-bond donors (Lipinski definition) is 0. The third-order valence-corrected chi connectivity index (χ3v) is 4.66. The van der Waals surface area contributed by atoms with Crippen LogP contribution >= 0.6 is 23.1 Å². The van der Waals surface area contributed by atoms with Crippen LogP contribution in [-0.4, -0.2) is 4.75 Å². The van der Waals surface area contributed by atoms with Crippen LogP contribution in [0, 0.1) is 6.92 Å². The molecule has 0 aromatic carbocycles. The van der Waals surface area contributed by atoms with E-state index in [1.54, 1.807) is 9.77 Å². The van der Waals surface area contributed by atoms with Crippen molar-refractivity contribution in [2.75, 3.05) is 0 Å². The second kappa shape index (κ2) is 2.27. The topological polar surface area (TPSA) is 0 Å². The average molecular weight is 184 g/mol. The third kappa shape index (κ3) is 1.23. The Hall–Kier alpha value is 0.0500. The van der Waals surface area contributed by atoms with Gasteiger partial charge in [-0.25, -0.2) is 0 Å². The number of rotatable bonds is 0. The lowest BCUT2D eigenvalue weighted by Gasteiger charge is -2.14. The van der Waals surface area contributed by atoms with E-state index in [0.717, 1.165) is 0 Å². The number of thioether (sulfide) groups is 1. The molecule has 2 rings (SSSR count). The van der Waals surface area contributed by atoms with Gasteiger partial charge in [-0.3, -0.25) is 0 Å². The summed E-state index contributed by atoms with van der Waals surface area (Å²) in [5, 5.41) is 2.27. The Kier molecular flexibility index (Phi) is 1.58. The maximum Gasteiger partial charge on any atom is 0.0246 e. The van der Waals surface area contributed by atoms with Crippen LogP contribution in [0.25, 0.3) is 0 Å². The number of aryl methyl sites for hydroxylation is 1. The number of hydrogen-bond acceptors (Lipinski definition) is 2. The summed E-state index contributed by atoms with van der Waals surface area (Å²) in [6, 6.07) is 0. The highest BCUT2D eigenvalue weighted by atomic mass is 32.2. The van der Waals surface area contributed by atoms with E-state index < -0.39 is 0 Å². The maximum atomic E-state index is 2.32. The molecule has 0 saturated carbocycles. The molecule has 0 unspecified atom stereocenters. The molecule has 0 radical (unpaired) electrons. The maximum absolute atomic E-state index is 2.32. The van der Waals surface area contributed by atoms with Gasteiger partial charge >= 0.3 is 0 Å². The molecule has 1 aromatic rings. The molecule has 1 aliphatic heterocycles. The Labute approximate surface area is 76.0 Å². The SMILES string of the molecule is Cc1csc2c1SC(C)(C)C2. The van der Waals surface area contributed by atoms with Crippen molar-refractivity contribution in [3.63, 3.8) is 0 Å². The Morgan fingerprint density at radius 1 is 1.45 bits per heavy atom. The van der Waals surface area contributed by atoms with Gasteiger partial charge in [0.15, 0.2) is 0 Å². The van der Waals surface area contributed by atoms with Crippen LogP contribution < -0.4 is 0 Å². The van der Waals surface area contributed by atoms with Crippen LogP contribution in [0.2, 0.25) is 0 Å². The van der Waals surface area contributed by atoms with Gasteiger partial charge in [-0.1, -0.05) is 0 Å². The molecular weight excluding hydrogens is 172 g/mol. The second-order valence-corrected chi connectivity index (χ2v) is 6.39. The molecule has 11 heavy (non-hydrogen) atoms. The van der Waals surface area contributed by atoms with Crippen LogP contribution in [-0.2, 0) is 6.42 Å². The number of fused-ring (bicyclic) bond motifs is 1. The van der Waals surface area contributed by atoms with E-state index in [9.17, 15) is 0 Å². The minimum atomic E-state index is 0.452. The molecule has 0 bridgehead atoms. The van der Waals surface area contributed by atoms with Crippen molar-refractivity contribution in [1.29, 1.82) is 0 Å². The molecule has 0 nitrogen and oxygen atoms in total. The molecule has 1 aromatic heterocycles. The van der Waals surface area contributed by atoms with Gasteiger partial charge < -0.3 is 0 Å². The van der Waals surface area contributed by atoms with Gasteiger partial charge in [0.1, 0.15) is 0 Å². The summed E-state index contributed by atoms with van der Waals surface area (Å²) in [5.41, 5.74) is 1.47. The second-order valence-electron chi connectivity index (χ2n) is 3.71. The molecule has 1 aliphatic rings. The smallest absolute Gasteiger partial charge is 0.0246 e. The van der Waals surface area contributed by atoms with Crippen molar-refractivity contribution < 1.29 is 0 Å². The largest absolute Gasteiger partial charge is 0.147 e. The summed E-state index contributed by atoms with van der Waals surface area (Å²) in [7, 11) is 0. The summed E-state index contributed by atoms with van der Waals surface area (Å²) in [6.45, 7) is 6.86. The van der Waals surface area contributed by atoms with Crippen LogP contribution in [0.1, 0.15) is 24.3 Å². The van der Waals surface area contributed by atoms with Crippen molar-refractivity contribution in [3.05, 3.63) is 15.8 Å². The van der Waals surface area contributed by atoms with Gasteiger partial charge in [0.05, 0.1) is 0 Å². The minimum absolute atomic E-state index is 0.452. The fourth-order valence-electron chi connectivity index (χ4n) is 1.44. The monoisotopic (exact) mass is 184 g/mol. The summed E-state index contributed by atoms with van der Waals surface area (Å²) < 4.78 is 0.452. The fourth-order valence-corrected chi connectivity index (χ4v) is 4.20. The first-order valence-corrected chi connectivity index (χ1v) is 5.54. The fraction of sp³-hybridized carbons (Fsp3) is 0.556. The molecule has 0 N–H and O–H groups in total. The standard InChI is InChI=1S/C9H12S2/c1-6-5-10-7-4-9(2,3)11-8(6)7/h5H,4H2,1-3H3. The Morgan fingerprint density at radius 3 is 2.82 bits per heavy atom.